The Morgan fingerprint density at radius 1 is 1.32 bits per heavy atom. The number of aromatic nitrogens is 1. The minimum absolute atomic E-state index is 0.214. The van der Waals surface area contributed by atoms with Gasteiger partial charge in [-0.1, -0.05) is 18.2 Å². The van der Waals surface area contributed by atoms with E-state index in [1.54, 1.807) is 0 Å². The third-order valence-electron chi connectivity index (χ3n) is 5.20. The first-order valence-corrected chi connectivity index (χ1v) is 8.38. The van der Waals surface area contributed by atoms with Crippen LogP contribution in [0.2, 0.25) is 0 Å². The Labute approximate surface area is 132 Å². The van der Waals surface area contributed by atoms with Crippen molar-refractivity contribution in [2.75, 3.05) is 20.2 Å². The van der Waals surface area contributed by atoms with Gasteiger partial charge in [0.15, 0.2) is 0 Å². The SMILES string of the molecule is CN1CCCC1Cc1c[nH]c2ccc([C@H]3CC=CCO3)cc12. The van der Waals surface area contributed by atoms with Gasteiger partial charge in [-0.2, -0.15) is 0 Å². The van der Waals surface area contributed by atoms with Crippen LogP contribution in [0.5, 0.6) is 0 Å². The quantitative estimate of drug-likeness (QED) is 0.872. The van der Waals surface area contributed by atoms with Crippen LogP contribution < -0.4 is 0 Å². The summed E-state index contributed by atoms with van der Waals surface area (Å²) in [6, 6.07) is 7.43. The molecule has 2 atom stereocenters. The molecular formula is C19H24N2O. The number of likely N-dealkylation sites (N-methyl/N-ethyl adjacent to an activating group) is 1. The first-order chi connectivity index (χ1) is 10.8. The van der Waals surface area contributed by atoms with Gasteiger partial charge in [-0.3, -0.25) is 0 Å². The molecule has 1 saturated heterocycles. The van der Waals surface area contributed by atoms with Gasteiger partial charge in [-0.15, -0.1) is 0 Å². The third kappa shape index (κ3) is 2.59. The maximum Gasteiger partial charge on any atom is 0.0863 e. The summed E-state index contributed by atoms with van der Waals surface area (Å²) in [4.78, 5) is 5.93. The van der Waals surface area contributed by atoms with E-state index in [-0.39, 0.29) is 6.10 Å². The van der Waals surface area contributed by atoms with Crippen molar-refractivity contribution in [2.24, 2.45) is 0 Å². The summed E-state index contributed by atoms with van der Waals surface area (Å²) in [6.07, 6.45) is 11.5. The molecule has 1 N–H and O–H groups in total. The van der Waals surface area contributed by atoms with Crippen molar-refractivity contribution in [2.45, 2.75) is 37.8 Å². The van der Waals surface area contributed by atoms with Gasteiger partial charge in [0.2, 0.25) is 0 Å². The van der Waals surface area contributed by atoms with Gasteiger partial charge in [0.05, 0.1) is 12.7 Å². The number of benzene rings is 1. The molecule has 1 aromatic carbocycles. The fourth-order valence-corrected chi connectivity index (χ4v) is 3.82. The van der Waals surface area contributed by atoms with E-state index >= 15 is 0 Å². The molecule has 2 aliphatic heterocycles. The molecule has 0 radical (unpaired) electrons. The van der Waals surface area contributed by atoms with Gasteiger partial charge in [-0.25, -0.2) is 0 Å². The van der Waals surface area contributed by atoms with Crippen molar-refractivity contribution in [3.8, 4) is 0 Å². The molecule has 0 aliphatic carbocycles. The molecule has 2 aromatic rings. The van der Waals surface area contributed by atoms with Gasteiger partial charge >= 0.3 is 0 Å². The Hall–Kier alpha value is -1.58. The zero-order valence-corrected chi connectivity index (χ0v) is 13.2. The van der Waals surface area contributed by atoms with Crippen molar-refractivity contribution in [3.05, 3.63) is 47.7 Å². The van der Waals surface area contributed by atoms with E-state index < -0.39 is 0 Å². The van der Waals surface area contributed by atoms with E-state index in [2.05, 4.69) is 53.5 Å². The van der Waals surface area contributed by atoms with Crippen LogP contribution in [0, 0.1) is 0 Å². The lowest BCUT2D eigenvalue weighted by molar-refractivity contribution is 0.0678. The smallest absolute Gasteiger partial charge is 0.0863 e. The molecule has 22 heavy (non-hydrogen) atoms. The van der Waals surface area contributed by atoms with Gasteiger partial charge < -0.3 is 14.6 Å². The molecule has 3 heteroatoms. The minimum atomic E-state index is 0.214. The molecule has 0 saturated carbocycles. The normalized spacial score (nSPS) is 26.0. The Balaban J connectivity index is 1.63. The maximum absolute atomic E-state index is 5.87. The van der Waals surface area contributed by atoms with E-state index in [1.165, 1.54) is 41.4 Å². The number of rotatable bonds is 3. The third-order valence-corrected chi connectivity index (χ3v) is 5.20. The van der Waals surface area contributed by atoms with Crippen LogP contribution in [-0.4, -0.2) is 36.1 Å². The highest BCUT2D eigenvalue weighted by atomic mass is 16.5. The molecule has 1 aromatic heterocycles. The number of hydrogen-bond donors (Lipinski definition) is 1. The number of likely N-dealkylation sites (tertiary alicyclic amines) is 1. The second-order valence-electron chi connectivity index (χ2n) is 6.63. The summed E-state index contributed by atoms with van der Waals surface area (Å²) in [6.45, 7) is 1.97. The predicted molar refractivity (Wildman–Crippen MR) is 90.1 cm³/mol. The van der Waals surface area contributed by atoms with E-state index in [0.717, 1.165) is 19.4 Å². The number of hydrogen-bond acceptors (Lipinski definition) is 2. The summed E-state index contributed by atoms with van der Waals surface area (Å²) in [5.74, 6) is 0. The summed E-state index contributed by atoms with van der Waals surface area (Å²) in [7, 11) is 2.25. The largest absolute Gasteiger partial charge is 0.369 e. The molecule has 2 aliphatic rings. The van der Waals surface area contributed by atoms with Crippen molar-refractivity contribution in [1.82, 2.24) is 9.88 Å². The Kier molecular flexibility index (Phi) is 3.77. The van der Waals surface area contributed by atoms with Gasteiger partial charge in [0.25, 0.3) is 0 Å². The number of H-pyrrole nitrogens is 1. The zero-order valence-electron chi connectivity index (χ0n) is 13.2. The van der Waals surface area contributed by atoms with E-state index in [0.29, 0.717) is 6.04 Å². The molecule has 1 fully saturated rings. The van der Waals surface area contributed by atoms with Crippen LogP contribution >= 0.6 is 0 Å². The van der Waals surface area contributed by atoms with Gasteiger partial charge in [-0.05, 0) is 62.5 Å². The van der Waals surface area contributed by atoms with Gasteiger partial charge in [0, 0.05) is 23.1 Å². The van der Waals surface area contributed by atoms with Crippen LogP contribution in [-0.2, 0) is 11.2 Å². The highest BCUT2D eigenvalue weighted by molar-refractivity contribution is 5.84. The summed E-state index contributed by atoms with van der Waals surface area (Å²) in [5, 5.41) is 1.37. The first-order valence-electron chi connectivity index (χ1n) is 8.38. The van der Waals surface area contributed by atoms with Crippen molar-refractivity contribution >= 4 is 10.9 Å². The fourth-order valence-electron chi connectivity index (χ4n) is 3.82. The molecule has 0 amide bonds. The maximum atomic E-state index is 5.87. The summed E-state index contributed by atoms with van der Waals surface area (Å²) in [5.41, 5.74) is 3.99. The van der Waals surface area contributed by atoms with Crippen LogP contribution in [0.15, 0.2) is 36.5 Å². The fraction of sp³-hybridized carbons (Fsp3) is 0.474. The Morgan fingerprint density at radius 2 is 2.27 bits per heavy atom. The molecule has 0 bridgehead atoms. The highest BCUT2D eigenvalue weighted by Crippen LogP contribution is 2.30. The van der Waals surface area contributed by atoms with Gasteiger partial charge in [0.1, 0.15) is 0 Å². The lowest BCUT2D eigenvalue weighted by Gasteiger charge is -2.20. The molecular weight excluding hydrogens is 272 g/mol. The first kappa shape index (κ1) is 14.0. The van der Waals surface area contributed by atoms with Crippen molar-refractivity contribution in [1.29, 1.82) is 0 Å². The summed E-state index contributed by atoms with van der Waals surface area (Å²) < 4.78 is 5.87. The standard InChI is InChI=1S/C19H24N2O/c1-21-9-4-5-16(21)11-15-13-20-18-8-7-14(12-17(15)18)19-6-2-3-10-22-19/h2-3,7-8,12-13,16,19-20H,4-6,9-11H2,1H3/t16?,19-/m1/s1. The Morgan fingerprint density at radius 3 is 3.05 bits per heavy atom. The van der Waals surface area contributed by atoms with Crippen molar-refractivity contribution in [3.63, 3.8) is 0 Å². The van der Waals surface area contributed by atoms with Crippen LogP contribution in [0.1, 0.15) is 36.5 Å². The zero-order chi connectivity index (χ0) is 14.9. The van der Waals surface area contributed by atoms with Crippen LogP contribution in [0.4, 0.5) is 0 Å². The van der Waals surface area contributed by atoms with Crippen LogP contribution in [0.3, 0.4) is 0 Å². The second-order valence-corrected chi connectivity index (χ2v) is 6.63. The molecule has 3 heterocycles. The lowest BCUT2D eigenvalue weighted by Crippen LogP contribution is -2.26. The number of nitrogens with zero attached hydrogens (tertiary/aromatic N) is 1. The molecule has 3 nitrogen and oxygen atoms in total. The van der Waals surface area contributed by atoms with Crippen molar-refractivity contribution < 1.29 is 4.74 Å². The number of ether oxygens (including phenoxy) is 1. The van der Waals surface area contributed by atoms with E-state index in [1.807, 2.05) is 0 Å². The lowest BCUT2D eigenvalue weighted by atomic mass is 9.99. The van der Waals surface area contributed by atoms with E-state index in [4.69, 9.17) is 4.74 Å². The molecule has 4 rings (SSSR count). The molecule has 116 valence electrons. The minimum Gasteiger partial charge on any atom is -0.369 e. The van der Waals surface area contributed by atoms with E-state index in [9.17, 15) is 0 Å². The monoisotopic (exact) mass is 296 g/mol. The Bertz CT molecular complexity index is 688. The average molecular weight is 296 g/mol. The number of fused-ring (bicyclic) bond motifs is 1. The number of aromatic amines is 1. The average Bonchev–Trinajstić information content (AvgIpc) is 3.15. The highest BCUT2D eigenvalue weighted by Gasteiger charge is 2.22. The summed E-state index contributed by atoms with van der Waals surface area (Å²) >= 11 is 0. The predicted octanol–water partition coefficient (Wildman–Crippen LogP) is 3.82. The molecule has 0 spiro atoms. The van der Waals surface area contributed by atoms with Crippen LogP contribution in [0.25, 0.3) is 10.9 Å². The number of nitrogens with one attached hydrogen (secondary N) is 1. The molecule has 1 unspecified atom stereocenters. The second kappa shape index (κ2) is 5.90. The topological polar surface area (TPSA) is 28.3 Å².